The maximum absolute atomic E-state index is 10.6. The van der Waals surface area contributed by atoms with Crippen molar-refractivity contribution < 1.29 is 9.84 Å². The fourth-order valence-corrected chi connectivity index (χ4v) is 2.32. The van der Waals surface area contributed by atoms with Gasteiger partial charge in [0.1, 0.15) is 5.75 Å². The lowest BCUT2D eigenvalue weighted by molar-refractivity contribution is 0.0558. The van der Waals surface area contributed by atoms with Crippen LogP contribution >= 0.6 is 0 Å². The summed E-state index contributed by atoms with van der Waals surface area (Å²) in [6.07, 6.45) is 2.47. The molecule has 1 unspecified atom stereocenters. The highest BCUT2D eigenvalue weighted by atomic mass is 16.5. The van der Waals surface area contributed by atoms with Gasteiger partial charge in [0.25, 0.3) is 0 Å². The predicted octanol–water partition coefficient (Wildman–Crippen LogP) is 2.27. The summed E-state index contributed by atoms with van der Waals surface area (Å²) < 4.78 is 5.30. The Morgan fingerprint density at radius 2 is 2.00 bits per heavy atom. The normalized spacial score (nSPS) is 18.5. The molecule has 3 heteroatoms. The minimum Gasteiger partial charge on any atom is -0.496 e. The van der Waals surface area contributed by atoms with Crippen molar-refractivity contribution in [2.45, 2.75) is 45.3 Å². The molecule has 100 valence electrons. The SMILES string of the molecule is COc1cc(C)c(C(C)(O)CNC2CC2)cc1C. The molecule has 18 heavy (non-hydrogen) atoms. The Balaban J connectivity index is 2.21. The van der Waals surface area contributed by atoms with Gasteiger partial charge in [-0.15, -0.1) is 0 Å². The van der Waals surface area contributed by atoms with Crippen molar-refractivity contribution in [3.05, 3.63) is 28.8 Å². The first-order valence-electron chi connectivity index (χ1n) is 6.55. The zero-order valence-electron chi connectivity index (χ0n) is 11.7. The van der Waals surface area contributed by atoms with Crippen molar-refractivity contribution in [2.24, 2.45) is 0 Å². The Morgan fingerprint density at radius 3 is 2.56 bits per heavy atom. The van der Waals surface area contributed by atoms with Crippen LogP contribution in [0.15, 0.2) is 12.1 Å². The smallest absolute Gasteiger partial charge is 0.122 e. The summed E-state index contributed by atoms with van der Waals surface area (Å²) in [6.45, 7) is 6.50. The number of hydrogen-bond acceptors (Lipinski definition) is 3. The van der Waals surface area contributed by atoms with Crippen LogP contribution in [0.3, 0.4) is 0 Å². The molecule has 1 aromatic rings. The van der Waals surface area contributed by atoms with Crippen LogP contribution in [-0.4, -0.2) is 24.8 Å². The van der Waals surface area contributed by atoms with Crippen LogP contribution < -0.4 is 10.1 Å². The van der Waals surface area contributed by atoms with Gasteiger partial charge in [-0.25, -0.2) is 0 Å². The van der Waals surface area contributed by atoms with Gasteiger partial charge >= 0.3 is 0 Å². The molecule has 0 aromatic heterocycles. The van der Waals surface area contributed by atoms with Crippen LogP contribution in [0.4, 0.5) is 0 Å². The molecule has 1 aliphatic carbocycles. The van der Waals surface area contributed by atoms with E-state index in [0.717, 1.165) is 22.4 Å². The number of benzene rings is 1. The number of aliphatic hydroxyl groups is 1. The van der Waals surface area contributed by atoms with Crippen molar-refractivity contribution in [1.82, 2.24) is 5.32 Å². The third-order valence-corrected chi connectivity index (χ3v) is 3.63. The average Bonchev–Trinajstić information content (AvgIpc) is 3.13. The van der Waals surface area contributed by atoms with Crippen LogP contribution in [0.1, 0.15) is 36.5 Å². The summed E-state index contributed by atoms with van der Waals surface area (Å²) in [5, 5.41) is 14.0. The molecular weight excluding hydrogens is 226 g/mol. The minimum atomic E-state index is -0.830. The van der Waals surface area contributed by atoms with E-state index in [0.29, 0.717) is 12.6 Å². The molecule has 2 N–H and O–H groups in total. The van der Waals surface area contributed by atoms with Crippen LogP contribution in [-0.2, 0) is 5.60 Å². The summed E-state index contributed by atoms with van der Waals surface area (Å²) in [7, 11) is 1.67. The van der Waals surface area contributed by atoms with Gasteiger partial charge in [0.2, 0.25) is 0 Å². The Labute approximate surface area is 109 Å². The number of aryl methyl sites for hydroxylation is 2. The van der Waals surface area contributed by atoms with Crippen LogP contribution in [0.5, 0.6) is 5.75 Å². The maximum atomic E-state index is 10.6. The van der Waals surface area contributed by atoms with Gasteiger partial charge in [-0.05, 0) is 62.4 Å². The first-order chi connectivity index (χ1) is 8.44. The van der Waals surface area contributed by atoms with Crippen molar-refractivity contribution in [1.29, 1.82) is 0 Å². The highest BCUT2D eigenvalue weighted by molar-refractivity contribution is 5.43. The fraction of sp³-hybridized carbons (Fsp3) is 0.600. The summed E-state index contributed by atoms with van der Waals surface area (Å²) >= 11 is 0. The molecule has 0 heterocycles. The summed E-state index contributed by atoms with van der Waals surface area (Å²) in [6, 6.07) is 4.63. The first-order valence-corrected chi connectivity index (χ1v) is 6.55. The second-order valence-corrected chi connectivity index (χ2v) is 5.57. The third-order valence-electron chi connectivity index (χ3n) is 3.63. The minimum absolute atomic E-state index is 0.601. The van der Waals surface area contributed by atoms with Crippen molar-refractivity contribution in [3.63, 3.8) is 0 Å². The monoisotopic (exact) mass is 249 g/mol. The van der Waals surface area contributed by atoms with Gasteiger partial charge in [-0.3, -0.25) is 0 Å². The molecule has 0 radical (unpaired) electrons. The van der Waals surface area contributed by atoms with Gasteiger partial charge in [0, 0.05) is 12.6 Å². The highest BCUT2D eigenvalue weighted by Gasteiger charge is 2.29. The van der Waals surface area contributed by atoms with Gasteiger partial charge in [-0.1, -0.05) is 0 Å². The fourth-order valence-electron chi connectivity index (χ4n) is 2.32. The Morgan fingerprint density at radius 1 is 1.33 bits per heavy atom. The molecule has 0 bridgehead atoms. The molecule has 1 aliphatic rings. The summed E-state index contributed by atoms with van der Waals surface area (Å²) in [4.78, 5) is 0. The second-order valence-electron chi connectivity index (χ2n) is 5.57. The quantitative estimate of drug-likeness (QED) is 0.841. The third kappa shape index (κ3) is 2.85. The predicted molar refractivity (Wildman–Crippen MR) is 73.1 cm³/mol. The molecule has 0 saturated heterocycles. The summed E-state index contributed by atoms with van der Waals surface area (Å²) in [5.41, 5.74) is 2.28. The van der Waals surface area contributed by atoms with Crippen molar-refractivity contribution in [3.8, 4) is 5.75 Å². The summed E-state index contributed by atoms with van der Waals surface area (Å²) in [5.74, 6) is 0.877. The average molecular weight is 249 g/mol. The molecule has 1 fully saturated rings. The van der Waals surface area contributed by atoms with Crippen LogP contribution in [0.25, 0.3) is 0 Å². The van der Waals surface area contributed by atoms with Crippen LogP contribution in [0.2, 0.25) is 0 Å². The molecule has 1 aromatic carbocycles. The number of hydrogen-bond donors (Lipinski definition) is 2. The lowest BCUT2D eigenvalue weighted by Gasteiger charge is -2.27. The molecular formula is C15H23NO2. The molecule has 1 saturated carbocycles. The topological polar surface area (TPSA) is 41.5 Å². The van der Waals surface area contributed by atoms with E-state index in [1.54, 1.807) is 7.11 Å². The molecule has 2 rings (SSSR count). The molecule has 1 atom stereocenters. The van der Waals surface area contributed by atoms with Crippen molar-refractivity contribution >= 4 is 0 Å². The lowest BCUT2D eigenvalue weighted by Crippen LogP contribution is -2.37. The highest BCUT2D eigenvalue weighted by Crippen LogP contribution is 2.30. The lowest BCUT2D eigenvalue weighted by atomic mass is 9.90. The maximum Gasteiger partial charge on any atom is 0.122 e. The van der Waals surface area contributed by atoms with E-state index in [1.165, 1.54) is 12.8 Å². The largest absolute Gasteiger partial charge is 0.496 e. The molecule has 0 aliphatic heterocycles. The van der Waals surface area contributed by atoms with Gasteiger partial charge < -0.3 is 15.2 Å². The van der Waals surface area contributed by atoms with E-state index in [-0.39, 0.29) is 0 Å². The van der Waals surface area contributed by atoms with Crippen molar-refractivity contribution in [2.75, 3.05) is 13.7 Å². The molecule has 3 nitrogen and oxygen atoms in total. The Kier molecular flexibility index (Phi) is 3.64. The zero-order valence-corrected chi connectivity index (χ0v) is 11.7. The Hall–Kier alpha value is -1.06. The van der Waals surface area contributed by atoms with E-state index >= 15 is 0 Å². The van der Waals surface area contributed by atoms with E-state index < -0.39 is 5.60 Å². The number of rotatable bonds is 5. The Bertz CT molecular complexity index is 436. The van der Waals surface area contributed by atoms with E-state index in [2.05, 4.69) is 5.32 Å². The molecule has 0 spiro atoms. The van der Waals surface area contributed by atoms with E-state index in [9.17, 15) is 5.11 Å². The van der Waals surface area contributed by atoms with Gasteiger partial charge in [0.05, 0.1) is 12.7 Å². The van der Waals surface area contributed by atoms with Gasteiger partial charge in [-0.2, -0.15) is 0 Å². The van der Waals surface area contributed by atoms with E-state index in [4.69, 9.17) is 4.74 Å². The number of ether oxygens (including phenoxy) is 1. The molecule has 0 amide bonds. The van der Waals surface area contributed by atoms with Gasteiger partial charge in [0.15, 0.2) is 0 Å². The zero-order chi connectivity index (χ0) is 13.3. The van der Waals surface area contributed by atoms with Crippen LogP contribution in [0, 0.1) is 13.8 Å². The number of nitrogens with one attached hydrogen (secondary N) is 1. The first kappa shape index (κ1) is 13.4. The second kappa shape index (κ2) is 4.90. The number of methoxy groups -OCH3 is 1. The standard InChI is InChI=1S/C15H23NO2/c1-10-8-14(18-4)11(2)7-13(10)15(3,17)9-16-12-5-6-12/h7-8,12,16-17H,5-6,9H2,1-4H3. The van der Waals surface area contributed by atoms with E-state index in [1.807, 2.05) is 32.9 Å².